The Hall–Kier alpha value is -1.33. The zero-order valence-electron chi connectivity index (χ0n) is 11.1. The third-order valence-electron chi connectivity index (χ3n) is 3.23. The van der Waals surface area contributed by atoms with E-state index >= 15 is 0 Å². The molecule has 0 aromatic heterocycles. The number of likely N-dealkylation sites (N-methyl/N-ethyl adjacent to an activating group) is 1. The van der Waals surface area contributed by atoms with Crippen LogP contribution >= 0.6 is 0 Å². The summed E-state index contributed by atoms with van der Waals surface area (Å²) in [7, 11) is 2.10. The summed E-state index contributed by atoms with van der Waals surface area (Å²) in [4.78, 5) is 2.25. The zero-order valence-corrected chi connectivity index (χ0v) is 11.1. The maximum Gasteiger partial charge on any atom is 0.0669 e. The molecule has 0 saturated heterocycles. The fraction of sp³-hybridized carbons (Fsp3) is 0.533. The van der Waals surface area contributed by atoms with Crippen LogP contribution in [0, 0.1) is 24.2 Å². The average molecular weight is 230 g/mol. The van der Waals surface area contributed by atoms with Crippen LogP contribution in [0.25, 0.3) is 0 Å². The van der Waals surface area contributed by atoms with Crippen LogP contribution in [-0.4, -0.2) is 25.0 Å². The van der Waals surface area contributed by atoms with Crippen molar-refractivity contribution < 1.29 is 0 Å². The summed E-state index contributed by atoms with van der Waals surface area (Å²) in [6.45, 7) is 6.12. The van der Waals surface area contributed by atoms with E-state index in [0.717, 1.165) is 25.9 Å². The van der Waals surface area contributed by atoms with Gasteiger partial charge < -0.3 is 4.90 Å². The molecule has 0 aliphatic carbocycles. The first-order valence-electron chi connectivity index (χ1n) is 6.30. The molecule has 17 heavy (non-hydrogen) atoms. The molecule has 0 aliphatic heterocycles. The van der Waals surface area contributed by atoms with E-state index in [1.807, 2.05) is 0 Å². The van der Waals surface area contributed by atoms with E-state index in [0.29, 0.717) is 0 Å². The summed E-state index contributed by atoms with van der Waals surface area (Å²) < 4.78 is 0. The number of rotatable bonds is 6. The molecule has 2 heteroatoms. The zero-order chi connectivity index (χ0) is 12.7. The van der Waals surface area contributed by atoms with Gasteiger partial charge in [0.25, 0.3) is 0 Å². The molecule has 0 spiro atoms. The summed E-state index contributed by atoms with van der Waals surface area (Å²) in [5.41, 5.74) is 2.76. The quantitative estimate of drug-likeness (QED) is 0.751. The van der Waals surface area contributed by atoms with Crippen molar-refractivity contribution in [2.45, 2.75) is 26.7 Å². The molecule has 1 unspecified atom stereocenters. The number of nitriles is 1. The van der Waals surface area contributed by atoms with Crippen molar-refractivity contribution in [3.05, 3.63) is 35.4 Å². The Labute approximate surface area is 105 Å². The number of nitrogens with zero attached hydrogens (tertiary/aromatic N) is 2. The lowest BCUT2D eigenvalue weighted by atomic mass is 10.0. The normalized spacial score (nSPS) is 12.4. The lowest BCUT2D eigenvalue weighted by molar-refractivity contribution is 0.303. The van der Waals surface area contributed by atoms with Crippen molar-refractivity contribution in [2.24, 2.45) is 5.92 Å². The highest BCUT2D eigenvalue weighted by atomic mass is 15.1. The first-order chi connectivity index (χ1) is 8.17. The van der Waals surface area contributed by atoms with E-state index < -0.39 is 0 Å². The third-order valence-corrected chi connectivity index (χ3v) is 3.23. The van der Waals surface area contributed by atoms with Gasteiger partial charge in [-0.3, -0.25) is 0 Å². The first-order valence-corrected chi connectivity index (χ1v) is 6.30. The topological polar surface area (TPSA) is 27.0 Å². The lowest BCUT2D eigenvalue weighted by Gasteiger charge is -2.19. The van der Waals surface area contributed by atoms with Gasteiger partial charge in [-0.25, -0.2) is 0 Å². The van der Waals surface area contributed by atoms with Crippen LogP contribution in [0.3, 0.4) is 0 Å². The molecule has 1 atom stereocenters. The second-order valence-electron chi connectivity index (χ2n) is 4.67. The molecular weight excluding hydrogens is 208 g/mol. The second kappa shape index (κ2) is 7.09. The molecular formula is C15H22N2. The van der Waals surface area contributed by atoms with Gasteiger partial charge in [0, 0.05) is 13.1 Å². The van der Waals surface area contributed by atoms with Gasteiger partial charge in [0.2, 0.25) is 0 Å². The summed E-state index contributed by atoms with van der Waals surface area (Å²) in [6.07, 6.45) is 2.00. The van der Waals surface area contributed by atoms with Gasteiger partial charge in [0.15, 0.2) is 0 Å². The Balaban J connectivity index is 2.41. The summed E-state index contributed by atoms with van der Waals surface area (Å²) >= 11 is 0. The van der Waals surface area contributed by atoms with Crippen molar-refractivity contribution in [3.63, 3.8) is 0 Å². The first kappa shape index (κ1) is 13.7. The second-order valence-corrected chi connectivity index (χ2v) is 4.67. The Morgan fingerprint density at radius 1 is 1.35 bits per heavy atom. The van der Waals surface area contributed by atoms with Crippen LogP contribution in [0.15, 0.2) is 24.3 Å². The molecule has 0 radical (unpaired) electrons. The molecule has 2 nitrogen and oxygen atoms in total. The Morgan fingerprint density at radius 3 is 2.65 bits per heavy atom. The highest BCUT2D eigenvalue weighted by molar-refractivity contribution is 5.25. The van der Waals surface area contributed by atoms with Crippen molar-refractivity contribution >= 4 is 0 Å². The Kier molecular flexibility index (Phi) is 5.72. The molecule has 1 aromatic carbocycles. The monoisotopic (exact) mass is 230 g/mol. The van der Waals surface area contributed by atoms with Crippen LogP contribution in [0.5, 0.6) is 0 Å². The smallest absolute Gasteiger partial charge is 0.0669 e. The van der Waals surface area contributed by atoms with E-state index in [1.165, 1.54) is 11.1 Å². The largest absolute Gasteiger partial charge is 0.305 e. The van der Waals surface area contributed by atoms with Crippen molar-refractivity contribution in [2.75, 3.05) is 20.1 Å². The van der Waals surface area contributed by atoms with Gasteiger partial charge in [-0.05, 0) is 37.9 Å². The molecule has 0 amide bonds. The average Bonchev–Trinajstić information content (AvgIpc) is 2.35. The van der Waals surface area contributed by atoms with Gasteiger partial charge in [-0.2, -0.15) is 5.26 Å². The van der Waals surface area contributed by atoms with Crippen LogP contribution in [0.1, 0.15) is 24.5 Å². The summed E-state index contributed by atoms with van der Waals surface area (Å²) in [5.74, 6) is 0.164. The van der Waals surface area contributed by atoms with Crippen molar-refractivity contribution in [1.82, 2.24) is 4.90 Å². The van der Waals surface area contributed by atoms with E-state index in [2.05, 4.69) is 56.1 Å². The van der Waals surface area contributed by atoms with E-state index in [9.17, 15) is 0 Å². The fourth-order valence-electron chi connectivity index (χ4n) is 1.93. The Morgan fingerprint density at radius 2 is 2.06 bits per heavy atom. The van der Waals surface area contributed by atoms with Crippen LogP contribution in [-0.2, 0) is 6.42 Å². The lowest BCUT2D eigenvalue weighted by Crippen LogP contribution is -2.27. The highest BCUT2D eigenvalue weighted by Crippen LogP contribution is 2.09. The number of hydrogen-bond donors (Lipinski definition) is 0. The minimum absolute atomic E-state index is 0.164. The molecule has 0 heterocycles. The summed E-state index contributed by atoms with van der Waals surface area (Å²) in [5, 5.41) is 8.93. The molecule has 0 saturated carbocycles. The van der Waals surface area contributed by atoms with E-state index in [4.69, 9.17) is 5.26 Å². The van der Waals surface area contributed by atoms with E-state index in [1.54, 1.807) is 0 Å². The van der Waals surface area contributed by atoms with Gasteiger partial charge in [-0.1, -0.05) is 31.2 Å². The van der Waals surface area contributed by atoms with Gasteiger partial charge in [0.05, 0.1) is 12.0 Å². The van der Waals surface area contributed by atoms with Gasteiger partial charge in [-0.15, -0.1) is 0 Å². The fourth-order valence-corrected chi connectivity index (χ4v) is 1.93. The molecule has 1 rings (SSSR count). The molecule has 0 aliphatic rings. The maximum atomic E-state index is 8.93. The minimum Gasteiger partial charge on any atom is -0.305 e. The number of benzene rings is 1. The molecule has 92 valence electrons. The van der Waals surface area contributed by atoms with Gasteiger partial charge >= 0.3 is 0 Å². The maximum absolute atomic E-state index is 8.93. The predicted molar refractivity (Wildman–Crippen MR) is 71.8 cm³/mol. The van der Waals surface area contributed by atoms with Crippen molar-refractivity contribution in [3.8, 4) is 6.07 Å². The molecule has 0 N–H and O–H groups in total. The standard InChI is InChI=1S/C15H22N2/c1-4-14(11-16)12-17(3)10-9-15-8-6-5-7-13(15)2/h5-8,14H,4,9-10,12H2,1-3H3. The third kappa shape index (κ3) is 4.58. The molecule has 1 aromatic rings. The van der Waals surface area contributed by atoms with Crippen LogP contribution in [0.4, 0.5) is 0 Å². The minimum atomic E-state index is 0.164. The van der Waals surface area contributed by atoms with E-state index in [-0.39, 0.29) is 5.92 Å². The van der Waals surface area contributed by atoms with Crippen molar-refractivity contribution in [1.29, 1.82) is 5.26 Å². The summed E-state index contributed by atoms with van der Waals surface area (Å²) in [6, 6.07) is 10.9. The highest BCUT2D eigenvalue weighted by Gasteiger charge is 2.08. The SMILES string of the molecule is CCC(C#N)CN(C)CCc1ccccc1C. The molecule has 0 fully saturated rings. The Bertz CT molecular complexity index is 379. The van der Waals surface area contributed by atoms with Gasteiger partial charge in [0.1, 0.15) is 0 Å². The van der Waals surface area contributed by atoms with Crippen LogP contribution < -0.4 is 0 Å². The molecule has 0 bridgehead atoms. The predicted octanol–water partition coefficient (Wildman–Crippen LogP) is 3.02. The van der Waals surface area contributed by atoms with Crippen LogP contribution in [0.2, 0.25) is 0 Å². The number of hydrogen-bond acceptors (Lipinski definition) is 2. The number of aryl methyl sites for hydroxylation is 1.